The minimum Gasteiger partial charge on any atom is -0.490 e. The molecular formula is C23H30N2O5S2. The highest BCUT2D eigenvalue weighted by molar-refractivity contribution is 7.89. The van der Waals surface area contributed by atoms with Crippen molar-refractivity contribution >= 4 is 27.3 Å². The molecule has 32 heavy (non-hydrogen) atoms. The Kier molecular flexibility index (Phi) is 7.07. The number of ether oxygens (including phenoxy) is 2. The van der Waals surface area contributed by atoms with Crippen LogP contribution in [0, 0.1) is 0 Å². The monoisotopic (exact) mass is 478 g/mol. The van der Waals surface area contributed by atoms with Crippen molar-refractivity contribution in [1.82, 2.24) is 9.21 Å². The second-order valence-corrected chi connectivity index (χ2v) is 10.8. The molecule has 1 aromatic carbocycles. The Hall–Kier alpha value is -2.10. The van der Waals surface area contributed by atoms with Gasteiger partial charge in [0.1, 0.15) is 9.77 Å². The summed E-state index contributed by atoms with van der Waals surface area (Å²) in [6.45, 7) is 6.92. The third-order valence-electron chi connectivity index (χ3n) is 5.92. The first-order chi connectivity index (χ1) is 15.5. The molecule has 0 N–H and O–H groups in total. The molecular weight excluding hydrogens is 448 g/mol. The molecule has 1 saturated heterocycles. The number of hydrogen-bond acceptors (Lipinski definition) is 6. The van der Waals surface area contributed by atoms with Gasteiger partial charge in [0.05, 0.1) is 13.2 Å². The van der Waals surface area contributed by atoms with E-state index in [4.69, 9.17) is 9.47 Å². The lowest BCUT2D eigenvalue weighted by molar-refractivity contribution is 0.0735. The van der Waals surface area contributed by atoms with E-state index in [9.17, 15) is 13.2 Å². The minimum absolute atomic E-state index is 0.141. The van der Waals surface area contributed by atoms with Crippen LogP contribution in [-0.4, -0.2) is 56.4 Å². The van der Waals surface area contributed by atoms with Crippen molar-refractivity contribution in [1.29, 1.82) is 0 Å². The van der Waals surface area contributed by atoms with Gasteiger partial charge < -0.3 is 14.4 Å². The minimum atomic E-state index is -3.66. The number of benzene rings is 1. The first-order valence-electron chi connectivity index (χ1n) is 11.2. The van der Waals surface area contributed by atoms with Crippen molar-refractivity contribution in [2.45, 2.75) is 51.0 Å². The van der Waals surface area contributed by atoms with Gasteiger partial charge in [-0.25, -0.2) is 8.42 Å². The van der Waals surface area contributed by atoms with Crippen molar-refractivity contribution in [2.75, 3.05) is 32.8 Å². The topological polar surface area (TPSA) is 76.1 Å². The van der Waals surface area contributed by atoms with Crippen LogP contribution in [0.25, 0.3) is 0 Å². The fourth-order valence-electron chi connectivity index (χ4n) is 4.32. The molecule has 4 rings (SSSR count). The normalized spacial score (nSPS) is 17.1. The molecule has 2 aromatic rings. The fraction of sp³-hybridized carbons (Fsp3) is 0.522. The fourth-order valence-corrected chi connectivity index (χ4v) is 7.20. The van der Waals surface area contributed by atoms with Crippen molar-refractivity contribution in [3.8, 4) is 11.5 Å². The Labute approximate surface area is 194 Å². The SMILES string of the molecule is CCOc1cc2c(cc1OCC)CN(C(=O)c1sccc1S(=O)(=O)N1CCCCC1)CC2. The van der Waals surface area contributed by atoms with Crippen LogP contribution in [0.2, 0.25) is 0 Å². The van der Waals surface area contributed by atoms with Crippen LogP contribution >= 0.6 is 11.3 Å². The van der Waals surface area contributed by atoms with Crippen LogP contribution in [0.5, 0.6) is 11.5 Å². The zero-order valence-corrected chi connectivity index (χ0v) is 20.3. The van der Waals surface area contributed by atoms with Gasteiger partial charge in [0.2, 0.25) is 10.0 Å². The maximum absolute atomic E-state index is 13.4. The van der Waals surface area contributed by atoms with E-state index in [2.05, 4.69) is 0 Å². The highest BCUT2D eigenvalue weighted by atomic mass is 32.2. The molecule has 2 aliphatic rings. The van der Waals surface area contributed by atoms with Gasteiger partial charge in [-0.15, -0.1) is 11.3 Å². The molecule has 7 nitrogen and oxygen atoms in total. The largest absolute Gasteiger partial charge is 0.490 e. The maximum atomic E-state index is 13.4. The number of piperidine rings is 1. The van der Waals surface area contributed by atoms with Crippen molar-refractivity contribution in [3.05, 3.63) is 39.6 Å². The molecule has 1 amide bonds. The Morgan fingerprint density at radius 2 is 1.66 bits per heavy atom. The van der Waals surface area contributed by atoms with Crippen molar-refractivity contribution in [2.24, 2.45) is 0 Å². The summed E-state index contributed by atoms with van der Waals surface area (Å²) >= 11 is 1.20. The zero-order valence-electron chi connectivity index (χ0n) is 18.6. The molecule has 0 unspecified atom stereocenters. The van der Waals surface area contributed by atoms with Gasteiger partial charge in [0.25, 0.3) is 5.91 Å². The van der Waals surface area contributed by atoms with Gasteiger partial charge in [0.15, 0.2) is 11.5 Å². The number of carbonyl (C=O) groups is 1. The summed E-state index contributed by atoms with van der Waals surface area (Å²) in [4.78, 5) is 15.6. The summed E-state index contributed by atoms with van der Waals surface area (Å²) in [5.41, 5.74) is 2.14. The Morgan fingerprint density at radius 1 is 1.00 bits per heavy atom. The average Bonchev–Trinajstić information content (AvgIpc) is 3.30. The van der Waals surface area contributed by atoms with Crippen LogP contribution in [0.15, 0.2) is 28.5 Å². The quantitative estimate of drug-likeness (QED) is 0.603. The predicted molar refractivity (Wildman–Crippen MR) is 124 cm³/mol. The first kappa shape index (κ1) is 23.1. The van der Waals surface area contributed by atoms with E-state index in [1.54, 1.807) is 16.3 Å². The molecule has 0 atom stereocenters. The van der Waals surface area contributed by atoms with E-state index in [1.807, 2.05) is 26.0 Å². The molecule has 0 spiro atoms. The summed E-state index contributed by atoms with van der Waals surface area (Å²) < 4.78 is 39.4. The van der Waals surface area contributed by atoms with Gasteiger partial charge in [-0.3, -0.25) is 4.79 Å². The average molecular weight is 479 g/mol. The maximum Gasteiger partial charge on any atom is 0.265 e. The number of thiophene rings is 1. The molecule has 9 heteroatoms. The Morgan fingerprint density at radius 3 is 2.31 bits per heavy atom. The molecule has 0 saturated carbocycles. The van der Waals surface area contributed by atoms with Gasteiger partial charge in [-0.2, -0.15) is 4.31 Å². The number of amides is 1. The summed E-state index contributed by atoms with van der Waals surface area (Å²) in [6, 6.07) is 5.52. The van der Waals surface area contributed by atoms with Crippen LogP contribution < -0.4 is 9.47 Å². The smallest absolute Gasteiger partial charge is 0.265 e. The molecule has 0 aliphatic carbocycles. The third kappa shape index (κ3) is 4.51. The number of sulfonamides is 1. The van der Waals surface area contributed by atoms with Gasteiger partial charge >= 0.3 is 0 Å². The van der Waals surface area contributed by atoms with Crippen molar-refractivity contribution in [3.63, 3.8) is 0 Å². The van der Waals surface area contributed by atoms with Gasteiger partial charge in [-0.1, -0.05) is 6.42 Å². The van der Waals surface area contributed by atoms with E-state index < -0.39 is 10.0 Å². The Balaban J connectivity index is 1.58. The van der Waals surface area contributed by atoms with E-state index in [-0.39, 0.29) is 10.8 Å². The Bertz CT molecular complexity index is 1070. The summed E-state index contributed by atoms with van der Waals surface area (Å²) in [6.07, 6.45) is 3.46. The second kappa shape index (κ2) is 9.80. The molecule has 174 valence electrons. The van der Waals surface area contributed by atoms with Crippen LogP contribution in [0.4, 0.5) is 0 Å². The summed E-state index contributed by atoms with van der Waals surface area (Å²) in [7, 11) is -3.66. The molecule has 0 bridgehead atoms. The van der Waals surface area contributed by atoms with E-state index in [0.717, 1.165) is 36.1 Å². The summed E-state index contributed by atoms with van der Waals surface area (Å²) in [5.74, 6) is 1.17. The third-order valence-corrected chi connectivity index (χ3v) is 8.89. The number of hydrogen-bond donors (Lipinski definition) is 0. The molecule has 0 radical (unpaired) electrons. The summed E-state index contributed by atoms with van der Waals surface area (Å²) in [5, 5.41) is 1.70. The second-order valence-electron chi connectivity index (χ2n) is 7.99. The highest BCUT2D eigenvalue weighted by Crippen LogP contribution is 2.35. The molecule has 3 heterocycles. The highest BCUT2D eigenvalue weighted by Gasteiger charge is 2.33. The van der Waals surface area contributed by atoms with E-state index in [0.29, 0.717) is 56.4 Å². The molecule has 2 aliphatic heterocycles. The van der Waals surface area contributed by atoms with Crippen LogP contribution in [0.3, 0.4) is 0 Å². The van der Waals surface area contributed by atoms with Crippen LogP contribution in [-0.2, 0) is 23.0 Å². The van der Waals surface area contributed by atoms with Gasteiger partial charge in [-0.05, 0) is 67.8 Å². The lowest BCUT2D eigenvalue weighted by atomic mass is 9.98. The van der Waals surface area contributed by atoms with Crippen molar-refractivity contribution < 1.29 is 22.7 Å². The lowest BCUT2D eigenvalue weighted by Gasteiger charge is -2.30. The number of rotatable bonds is 7. The van der Waals surface area contributed by atoms with E-state index >= 15 is 0 Å². The van der Waals surface area contributed by atoms with Gasteiger partial charge in [0, 0.05) is 26.2 Å². The number of carbonyl (C=O) groups excluding carboxylic acids is 1. The number of nitrogens with zero attached hydrogens (tertiary/aromatic N) is 2. The number of fused-ring (bicyclic) bond motifs is 1. The molecule has 1 fully saturated rings. The zero-order chi connectivity index (χ0) is 22.7. The first-order valence-corrected chi connectivity index (χ1v) is 13.6. The lowest BCUT2D eigenvalue weighted by Crippen LogP contribution is -2.38. The molecule has 1 aromatic heterocycles. The predicted octanol–water partition coefficient (Wildman–Crippen LogP) is 3.92. The van der Waals surface area contributed by atoms with Crippen LogP contribution in [0.1, 0.15) is 53.9 Å². The standard InChI is InChI=1S/C23H30N2O5S2/c1-3-29-19-14-17-8-12-24(16-18(17)15-20(19)30-4-2)23(26)22-21(9-13-31-22)32(27,28)25-10-6-5-7-11-25/h9,13-15H,3-8,10-12,16H2,1-2H3. The van der Waals surface area contributed by atoms with E-state index in [1.165, 1.54) is 15.6 Å².